The second kappa shape index (κ2) is 11.9. The Morgan fingerprint density at radius 2 is 1.39 bits per heavy atom. The zero-order valence-electron chi connectivity index (χ0n) is 14.5. The molecule has 1 saturated heterocycles. The summed E-state index contributed by atoms with van der Waals surface area (Å²) in [5.41, 5.74) is 0. The summed E-state index contributed by atoms with van der Waals surface area (Å²) in [4.78, 5) is 20.7. The van der Waals surface area contributed by atoms with Crippen LogP contribution < -0.4 is 0 Å². The lowest BCUT2D eigenvalue weighted by molar-refractivity contribution is -0.155. The maximum Gasteiger partial charge on any atom is 0.357 e. The van der Waals surface area contributed by atoms with Crippen LogP contribution in [0.15, 0.2) is 0 Å². The zero-order valence-corrected chi connectivity index (χ0v) is 15.3. The lowest BCUT2D eigenvalue weighted by Crippen LogP contribution is -2.30. The highest BCUT2D eigenvalue weighted by Gasteiger charge is 2.48. The van der Waals surface area contributed by atoms with Crippen molar-refractivity contribution in [1.29, 1.82) is 0 Å². The van der Waals surface area contributed by atoms with E-state index >= 15 is 0 Å². The highest BCUT2D eigenvalue weighted by molar-refractivity contribution is 8.01. The van der Waals surface area contributed by atoms with Gasteiger partial charge < -0.3 is 9.84 Å². The van der Waals surface area contributed by atoms with Crippen molar-refractivity contribution in [3.8, 4) is 0 Å². The predicted molar refractivity (Wildman–Crippen MR) is 94.2 cm³/mol. The topological polar surface area (TPSA) is 63.6 Å². The number of rotatable bonds is 14. The Morgan fingerprint density at radius 1 is 0.913 bits per heavy atom. The number of thioether (sulfide) groups is 1. The fourth-order valence-corrected chi connectivity index (χ4v) is 3.85. The first-order valence-electron chi connectivity index (χ1n) is 9.20. The molecule has 1 fully saturated rings. The Bertz CT molecular complexity index is 359. The van der Waals surface area contributed by atoms with Crippen LogP contribution in [0.2, 0.25) is 0 Å². The summed E-state index contributed by atoms with van der Waals surface area (Å²) in [5, 5.41) is 9.97. The fraction of sp³-hybridized carbons (Fsp3) is 0.889. The van der Waals surface area contributed by atoms with Gasteiger partial charge >= 0.3 is 11.9 Å². The Balaban J connectivity index is 1.85. The number of aliphatic hydroxyl groups is 1. The summed E-state index contributed by atoms with van der Waals surface area (Å²) < 4.78 is 4.39. The van der Waals surface area contributed by atoms with Crippen molar-refractivity contribution in [3.63, 3.8) is 0 Å². The fourth-order valence-electron chi connectivity index (χ4n) is 2.78. The molecule has 1 N–H and O–H groups in total. The molecule has 1 heterocycles. The lowest BCUT2D eigenvalue weighted by atomic mass is 10.1. The van der Waals surface area contributed by atoms with Gasteiger partial charge in [0.2, 0.25) is 4.93 Å². The molecule has 4 nitrogen and oxygen atoms in total. The summed E-state index contributed by atoms with van der Waals surface area (Å²) >= 11 is 1.14. The van der Waals surface area contributed by atoms with Gasteiger partial charge in [-0.1, -0.05) is 77.6 Å². The number of unbranched alkanes of at least 4 members (excludes halogenated alkanes) is 11. The van der Waals surface area contributed by atoms with E-state index in [1.165, 1.54) is 64.2 Å². The highest BCUT2D eigenvalue weighted by atomic mass is 32.2. The normalized spacial score (nSPS) is 21.0. The van der Waals surface area contributed by atoms with Gasteiger partial charge in [0.1, 0.15) is 0 Å². The molecule has 0 bridgehead atoms. The number of carbonyl (C=O) groups is 2. The number of hydrogen-bond acceptors (Lipinski definition) is 5. The van der Waals surface area contributed by atoms with Crippen LogP contribution in [0.4, 0.5) is 0 Å². The van der Waals surface area contributed by atoms with Gasteiger partial charge in [0.05, 0.1) is 6.42 Å². The van der Waals surface area contributed by atoms with E-state index in [0.717, 1.165) is 24.6 Å². The van der Waals surface area contributed by atoms with E-state index in [4.69, 9.17) is 0 Å². The largest absolute Gasteiger partial charge is 0.390 e. The molecule has 134 valence electrons. The molecule has 1 unspecified atom stereocenters. The second-order valence-corrected chi connectivity index (χ2v) is 7.83. The summed E-state index contributed by atoms with van der Waals surface area (Å²) in [6.07, 6.45) is 15.2. The summed E-state index contributed by atoms with van der Waals surface area (Å²) in [6.45, 7) is 2.25. The van der Waals surface area contributed by atoms with E-state index < -0.39 is 16.9 Å². The van der Waals surface area contributed by atoms with Crippen molar-refractivity contribution in [2.24, 2.45) is 0 Å². The third-order valence-corrected chi connectivity index (χ3v) is 5.53. The third-order valence-electron chi connectivity index (χ3n) is 4.25. The van der Waals surface area contributed by atoms with E-state index in [9.17, 15) is 14.7 Å². The SMILES string of the molecule is CCCCCCCCCCCCCCSC1(O)CC(=O)OC1=O. The Labute approximate surface area is 144 Å². The molecular formula is C18H32O4S. The Morgan fingerprint density at radius 3 is 1.83 bits per heavy atom. The van der Waals surface area contributed by atoms with Crippen molar-refractivity contribution in [2.75, 3.05) is 5.75 Å². The molecule has 0 spiro atoms. The van der Waals surface area contributed by atoms with E-state index in [2.05, 4.69) is 11.7 Å². The summed E-state index contributed by atoms with van der Waals surface area (Å²) in [6, 6.07) is 0. The molecule has 0 radical (unpaired) electrons. The van der Waals surface area contributed by atoms with Crippen molar-refractivity contribution in [1.82, 2.24) is 0 Å². The number of hydrogen-bond donors (Lipinski definition) is 1. The molecule has 1 atom stereocenters. The number of ether oxygens (including phenoxy) is 1. The molecule has 0 aromatic heterocycles. The van der Waals surface area contributed by atoms with E-state index in [1.54, 1.807) is 0 Å². The molecule has 0 amide bonds. The molecule has 0 aromatic carbocycles. The summed E-state index contributed by atoms with van der Waals surface area (Å²) in [7, 11) is 0. The first kappa shape index (κ1) is 20.5. The second-order valence-electron chi connectivity index (χ2n) is 6.46. The van der Waals surface area contributed by atoms with Crippen LogP contribution >= 0.6 is 11.8 Å². The number of cyclic esters (lactones) is 2. The minimum atomic E-state index is -1.63. The van der Waals surface area contributed by atoms with Crippen LogP contribution in [0, 0.1) is 0 Å². The van der Waals surface area contributed by atoms with Gasteiger partial charge in [-0.3, -0.25) is 4.79 Å². The molecule has 23 heavy (non-hydrogen) atoms. The third kappa shape index (κ3) is 8.75. The molecule has 0 aromatic rings. The van der Waals surface area contributed by atoms with Crippen LogP contribution in [0.3, 0.4) is 0 Å². The molecule has 5 heteroatoms. The van der Waals surface area contributed by atoms with Gasteiger partial charge in [-0.15, -0.1) is 11.8 Å². The van der Waals surface area contributed by atoms with Crippen molar-refractivity contribution >= 4 is 23.7 Å². The zero-order chi connectivity index (χ0) is 17.0. The maximum atomic E-state index is 11.3. The van der Waals surface area contributed by atoms with E-state index in [-0.39, 0.29) is 6.42 Å². The molecule has 1 aliphatic rings. The monoisotopic (exact) mass is 344 g/mol. The van der Waals surface area contributed by atoms with Crippen molar-refractivity contribution < 1.29 is 19.4 Å². The van der Waals surface area contributed by atoms with Gasteiger partial charge in [-0.2, -0.15) is 0 Å². The molecule has 0 saturated carbocycles. The first-order chi connectivity index (χ1) is 11.1. The standard InChI is InChI=1S/C18H32O4S/c1-2-3-4-5-6-7-8-9-10-11-12-13-14-23-18(21)15-16(19)22-17(18)20/h21H,2-15H2,1H3. The van der Waals surface area contributed by atoms with Gasteiger partial charge in [-0.25, -0.2) is 4.79 Å². The first-order valence-corrected chi connectivity index (χ1v) is 10.2. The van der Waals surface area contributed by atoms with Gasteiger partial charge in [-0.05, 0) is 12.2 Å². The molecule has 0 aliphatic carbocycles. The number of esters is 2. The van der Waals surface area contributed by atoms with Crippen LogP contribution in [0.25, 0.3) is 0 Å². The highest BCUT2D eigenvalue weighted by Crippen LogP contribution is 2.33. The average molecular weight is 345 g/mol. The predicted octanol–water partition coefficient (Wildman–Crippen LogP) is 4.58. The molecule has 1 aliphatic heterocycles. The number of carbonyl (C=O) groups excluding carboxylic acids is 2. The van der Waals surface area contributed by atoms with Crippen LogP contribution in [0.1, 0.15) is 90.4 Å². The lowest BCUT2D eigenvalue weighted by Gasteiger charge is -2.15. The quantitative estimate of drug-likeness (QED) is 0.216. The van der Waals surface area contributed by atoms with Crippen LogP contribution in [-0.4, -0.2) is 27.7 Å². The van der Waals surface area contributed by atoms with Crippen molar-refractivity contribution in [3.05, 3.63) is 0 Å². The van der Waals surface area contributed by atoms with Gasteiger partial charge in [0.15, 0.2) is 0 Å². The van der Waals surface area contributed by atoms with Crippen LogP contribution in [0.5, 0.6) is 0 Å². The average Bonchev–Trinajstić information content (AvgIpc) is 2.77. The minimum absolute atomic E-state index is 0.214. The smallest absolute Gasteiger partial charge is 0.357 e. The van der Waals surface area contributed by atoms with E-state index in [0.29, 0.717) is 5.75 Å². The maximum absolute atomic E-state index is 11.3. The van der Waals surface area contributed by atoms with Crippen molar-refractivity contribution in [2.45, 2.75) is 95.3 Å². The van der Waals surface area contributed by atoms with Gasteiger partial charge in [0, 0.05) is 0 Å². The molecular weight excluding hydrogens is 312 g/mol. The van der Waals surface area contributed by atoms with E-state index in [1.807, 2.05) is 0 Å². The van der Waals surface area contributed by atoms with Crippen LogP contribution in [-0.2, 0) is 14.3 Å². The molecule has 1 rings (SSSR count). The van der Waals surface area contributed by atoms with Gasteiger partial charge in [0.25, 0.3) is 0 Å². The Kier molecular flexibility index (Phi) is 10.6. The summed E-state index contributed by atoms with van der Waals surface area (Å²) in [5.74, 6) is -0.734. The Hall–Kier alpha value is -0.550. The minimum Gasteiger partial charge on any atom is -0.390 e.